The van der Waals surface area contributed by atoms with E-state index < -0.39 is 26.5 Å². The van der Waals surface area contributed by atoms with E-state index in [1.807, 2.05) is 21.1 Å². The van der Waals surface area contributed by atoms with E-state index in [4.69, 9.17) is 18.5 Å². The molecular formula is C41H78NO8P. The average molecular weight is 744 g/mol. The summed E-state index contributed by atoms with van der Waals surface area (Å²) in [6.45, 7) is 4.16. The van der Waals surface area contributed by atoms with Gasteiger partial charge in [0.1, 0.15) is 19.8 Å². The molecule has 0 aliphatic rings. The Morgan fingerprint density at radius 1 is 0.608 bits per heavy atom. The molecule has 0 aromatic heterocycles. The maximum absolute atomic E-state index is 12.6. The number of nitrogens with zero attached hydrogens (tertiary/aromatic N) is 1. The summed E-state index contributed by atoms with van der Waals surface area (Å²) in [5.74, 6) is -0.848. The highest BCUT2D eigenvalue weighted by molar-refractivity contribution is 7.45. The Hall–Kier alpha value is -1.51. The average Bonchev–Trinajstić information content (AvgIpc) is 3.07. The molecule has 0 saturated carbocycles. The minimum absolute atomic E-state index is 0.0321. The first kappa shape index (κ1) is 49.5. The van der Waals surface area contributed by atoms with Crippen LogP contribution in [-0.2, 0) is 32.7 Å². The number of carbonyl (C=O) groups excluding carboxylic acids is 2. The van der Waals surface area contributed by atoms with Crippen molar-refractivity contribution in [3.05, 3.63) is 24.3 Å². The molecule has 0 aromatic rings. The van der Waals surface area contributed by atoms with Gasteiger partial charge >= 0.3 is 11.9 Å². The van der Waals surface area contributed by atoms with E-state index in [9.17, 15) is 19.0 Å². The van der Waals surface area contributed by atoms with Gasteiger partial charge in [-0.3, -0.25) is 14.2 Å². The molecule has 2 atom stereocenters. The molecular weight excluding hydrogens is 665 g/mol. The van der Waals surface area contributed by atoms with Gasteiger partial charge in [-0.15, -0.1) is 0 Å². The molecule has 1 unspecified atom stereocenters. The summed E-state index contributed by atoms with van der Waals surface area (Å²) in [6, 6.07) is 0. The van der Waals surface area contributed by atoms with Crippen molar-refractivity contribution in [1.82, 2.24) is 0 Å². The van der Waals surface area contributed by atoms with Crippen LogP contribution in [0.4, 0.5) is 0 Å². The number of phosphoric ester groups is 1. The zero-order valence-corrected chi connectivity index (χ0v) is 34.4. The summed E-state index contributed by atoms with van der Waals surface area (Å²) in [6.07, 6.45) is 34.8. The molecule has 10 heteroatoms. The fourth-order valence-corrected chi connectivity index (χ4v) is 6.16. The zero-order valence-electron chi connectivity index (χ0n) is 33.6. The number of carbonyl (C=O) groups is 2. The summed E-state index contributed by atoms with van der Waals surface area (Å²) in [7, 11) is 1.16. The number of phosphoric acid groups is 1. The molecule has 0 N–H and O–H groups in total. The molecule has 0 aromatic carbocycles. The van der Waals surface area contributed by atoms with Gasteiger partial charge in [-0.25, -0.2) is 0 Å². The van der Waals surface area contributed by atoms with Crippen LogP contribution in [0.15, 0.2) is 24.3 Å². The van der Waals surface area contributed by atoms with Crippen LogP contribution in [0.1, 0.15) is 174 Å². The molecule has 0 saturated heterocycles. The van der Waals surface area contributed by atoms with Crippen molar-refractivity contribution < 1.29 is 42.1 Å². The first-order chi connectivity index (χ1) is 24.5. The smallest absolute Gasteiger partial charge is 0.306 e. The maximum Gasteiger partial charge on any atom is 0.306 e. The van der Waals surface area contributed by atoms with Crippen molar-refractivity contribution in [1.29, 1.82) is 0 Å². The van der Waals surface area contributed by atoms with Crippen LogP contribution in [0.25, 0.3) is 0 Å². The second-order valence-electron chi connectivity index (χ2n) is 15.0. The number of ether oxygens (including phenoxy) is 2. The maximum atomic E-state index is 12.6. The predicted molar refractivity (Wildman–Crippen MR) is 208 cm³/mol. The number of hydrogen-bond donors (Lipinski definition) is 0. The predicted octanol–water partition coefficient (Wildman–Crippen LogP) is 10.6. The van der Waals surface area contributed by atoms with Crippen LogP contribution >= 0.6 is 7.82 Å². The van der Waals surface area contributed by atoms with Gasteiger partial charge in [-0.1, -0.05) is 147 Å². The van der Waals surface area contributed by atoms with E-state index in [0.29, 0.717) is 17.4 Å². The standard InChI is InChI=1S/C41H78NO8P/c1-6-8-10-12-14-16-18-20-22-24-26-28-30-32-34-41(44)50-39(38-49-51(45,46)48-36-35-42(3,4)5)37-47-40(43)33-31-29-27-25-23-21-19-17-15-13-11-9-7-2/h12,14,18,20,39H,6-11,13,15-17,19,21-38H2,1-5H3/b14-12+,20-18+/t39-/m1/s1. The lowest BCUT2D eigenvalue weighted by Gasteiger charge is -2.28. The van der Waals surface area contributed by atoms with Gasteiger partial charge in [0, 0.05) is 12.8 Å². The van der Waals surface area contributed by atoms with Crippen LogP contribution in [0, 0.1) is 0 Å². The van der Waals surface area contributed by atoms with Gasteiger partial charge in [-0.05, 0) is 38.5 Å². The molecule has 0 aliphatic carbocycles. The molecule has 0 aliphatic heterocycles. The second kappa shape index (κ2) is 34.3. The highest BCUT2D eigenvalue weighted by Gasteiger charge is 2.21. The van der Waals surface area contributed by atoms with E-state index in [1.54, 1.807) is 0 Å². The lowest BCUT2D eigenvalue weighted by molar-refractivity contribution is -0.870. The number of unbranched alkanes of at least 4 members (excludes halogenated alkanes) is 19. The third kappa shape index (κ3) is 38.0. The normalized spacial score (nSPS) is 13.9. The fraction of sp³-hybridized carbons (Fsp3) is 0.854. The van der Waals surface area contributed by atoms with Crippen molar-refractivity contribution in [3.63, 3.8) is 0 Å². The van der Waals surface area contributed by atoms with Gasteiger partial charge in [0.25, 0.3) is 7.82 Å². The Morgan fingerprint density at radius 3 is 1.61 bits per heavy atom. The van der Waals surface area contributed by atoms with Gasteiger partial charge in [-0.2, -0.15) is 0 Å². The molecule has 0 radical (unpaired) electrons. The highest BCUT2D eigenvalue weighted by Crippen LogP contribution is 2.38. The SMILES string of the molecule is CCCC/C=C/C/C=C/CCCCCCCC(=O)O[C@H](COC(=O)CCCCCCCCCCCCCCC)COP(=O)([O-])OCC[N+](C)(C)C. The van der Waals surface area contributed by atoms with Crippen LogP contribution in [0.3, 0.4) is 0 Å². The van der Waals surface area contributed by atoms with Gasteiger partial charge in [0.15, 0.2) is 6.10 Å². The minimum atomic E-state index is -4.62. The van der Waals surface area contributed by atoms with Gasteiger partial charge in [0.05, 0.1) is 27.7 Å². The Balaban J connectivity index is 4.42. The molecule has 0 heterocycles. The largest absolute Gasteiger partial charge is 0.756 e. The molecule has 0 rings (SSSR count). The quantitative estimate of drug-likeness (QED) is 0.0203. The number of likely N-dealkylation sites (N-methyl/N-ethyl adjacent to an activating group) is 1. The Morgan fingerprint density at radius 2 is 1.08 bits per heavy atom. The number of esters is 2. The van der Waals surface area contributed by atoms with Gasteiger partial charge in [0.2, 0.25) is 0 Å². The third-order valence-electron chi connectivity index (χ3n) is 8.72. The van der Waals surface area contributed by atoms with Crippen molar-refractivity contribution in [3.8, 4) is 0 Å². The molecule has 0 fully saturated rings. The zero-order chi connectivity index (χ0) is 37.9. The lowest BCUT2D eigenvalue weighted by Crippen LogP contribution is -2.37. The van der Waals surface area contributed by atoms with Crippen LogP contribution in [0.5, 0.6) is 0 Å². The molecule has 9 nitrogen and oxygen atoms in total. The number of hydrogen-bond acceptors (Lipinski definition) is 8. The van der Waals surface area contributed by atoms with Gasteiger partial charge < -0.3 is 27.9 Å². The fourth-order valence-electron chi connectivity index (χ4n) is 5.43. The van der Waals surface area contributed by atoms with Crippen molar-refractivity contribution in [2.24, 2.45) is 0 Å². The summed E-state index contributed by atoms with van der Waals surface area (Å²) in [5, 5.41) is 0. The Kier molecular flexibility index (Phi) is 33.3. The summed E-state index contributed by atoms with van der Waals surface area (Å²) < 4.78 is 33.8. The van der Waals surface area contributed by atoms with Crippen molar-refractivity contribution in [2.75, 3.05) is 47.5 Å². The Labute approximate surface area is 313 Å². The van der Waals surface area contributed by atoms with Crippen LogP contribution < -0.4 is 4.89 Å². The Bertz CT molecular complexity index is 933. The first-order valence-corrected chi connectivity index (χ1v) is 22.0. The van der Waals surface area contributed by atoms with Crippen LogP contribution in [-0.4, -0.2) is 70.0 Å². The monoisotopic (exact) mass is 744 g/mol. The molecule has 0 bridgehead atoms. The minimum Gasteiger partial charge on any atom is -0.756 e. The van der Waals surface area contributed by atoms with Crippen LogP contribution in [0.2, 0.25) is 0 Å². The van der Waals surface area contributed by atoms with Crippen molar-refractivity contribution in [2.45, 2.75) is 180 Å². The summed E-state index contributed by atoms with van der Waals surface area (Å²) in [4.78, 5) is 37.4. The molecule has 0 spiro atoms. The molecule has 0 amide bonds. The summed E-state index contributed by atoms with van der Waals surface area (Å²) >= 11 is 0. The van der Waals surface area contributed by atoms with E-state index in [0.717, 1.165) is 64.2 Å². The number of allylic oxidation sites excluding steroid dienone is 4. The van der Waals surface area contributed by atoms with E-state index in [1.165, 1.54) is 77.0 Å². The highest BCUT2D eigenvalue weighted by atomic mass is 31.2. The van der Waals surface area contributed by atoms with E-state index in [-0.39, 0.29) is 32.0 Å². The first-order valence-electron chi connectivity index (χ1n) is 20.5. The second-order valence-corrected chi connectivity index (χ2v) is 16.4. The number of rotatable bonds is 37. The molecule has 51 heavy (non-hydrogen) atoms. The van der Waals surface area contributed by atoms with Crippen molar-refractivity contribution >= 4 is 19.8 Å². The summed E-state index contributed by atoms with van der Waals surface area (Å²) in [5.41, 5.74) is 0. The van der Waals surface area contributed by atoms with E-state index >= 15 is 0 Å². The topological polar surface area (TPSA) is 111 Å². The van der Waals surface area contributed by atoms with E-state index in [2.05, 4.69) is 38.2 Å². The lowest BCUT2D eigenvalue weighted by atomic mass is 10.0. The molecule has 300 valence electrons. The number of quaternary nitrogens is 1. The third-order valence-corrected chi connectivity index (χ3v) is 9.69.